The molecule has 0 saturated carbocycles. The van der Waals surface area contributed by atoms with Crippen LogP contribution in [0.2, 0.25) is 0 Å². The molecule has 2 saturated heterocycles. The molecule has 2 aliphatic heterocycles. The van der Waals surface area contributed by atoms with Crippen LogP contribution in [-0.2, 0) is 14.2 Å². The van der Waals surface area contributed by atoms with Crippen molar-refractivity contribution >= 4 is 29.2 Å². The summed E-state index contributed by atoms with van der Waals surface area (Å²) in [4.78, 5) is 8.33. The summed E-state index contributed by atoms with van der Waals surface area (Å²) in [5.41, 5.74) is 0. The van der Waals surface area contributed by atoms with E-state index in [1.165, 1.54) is 0 Å². The molecular weight excluding hydrogens is 404 g/mol. The zero-order chi connectivity index (χ0) is 20.9. The molecule has 9 atom stereocenters. The van der Waals surface area contributed by atoms with E-state index in [1.807, 2.05) is 0 Å². The van der Waals surface area contributed by atoms with Gasteiger partial charge in [-0.3, -0.25) is 0 Å². The van der Waals surface area contributed by atoms with Gasteiger partial charge in [-0.05, 0) is 6.16 Å². The van der Waals surface area contributed by atoms with Crippen LogP contribution >= 0.6 is 0 Å². The number of carboxylic acid groups (broad SMARTS) is 2. The SMILES string of the molecule is O=C([O-])[O-].OC[C@H]1O[C@@](CO)(O[C@H]2O[C@H](CO)[C@@H](O)[C@H](O)[C@H]2O)[C@@H](O)[C@@H]1O.[Mg+2]. The Morgan fingerprint density at radius 3 is 1.79 bits per heavy atom. The number of carbonyl (C=O) groups is 1. The van der Waals surface area contributed by atoms with Gasteiger partial charge in [0.1, 0.15) is 49.3 Å². The van der Waals surface area contributed by atoms with Crippen molar-refractivity contribution in [1.82, 2.24) is 0 Å². The van der Waals surface area contributed by atoms with Crippen molar-refractivity contribution in [2.24, 2.45) is 0 Å². The van der Waals surface area contributed by atoms with Gasteiger partial charge < -0.3 is 70.1 Å². The van der Waals surface area contributed by atoms with E-state index in [-0.39, 0.29) is 23.1 Å². The van der Waals surface area contributed by atoms with Gasteiger partial charge in [-0.15, -0.1) is 0 Å². The summed E-state index contributed by atoms with van der Waals surface area (Å²) in [5.74, 6) is -2.22. The first kappa shape index (κ1) is 27.6. The van der Waals surface area contributed by atoms with Crippen LogP contribution in [0, 0.1) is 0 Å². The first-order valence-corrected chi connectivity index (χ1v) is 7.66. The van der Waals surface area contributed by atoms with E-state index in [9.17, 15) is 30.6 Å². The maximum atomic E-state index is 10.00. The van der Waals surface area contributed by atoms with Gasteiger partial charge in [0.15, 0.2) is 6.29 Å². The van der Waals surface area contributed by atoms with E-state index < -0.39 is 80.8 Å². The molecule has 2 rings (SSSR count). The first-order valence-electron chi connectivity index (χ1n) is 7.66. The normalized spacial score (nSPS) is 42.9. The number of hydrogen-bond donors (Lipinski definition) is 8. The van der Waals surface area contributed by atoms with Crippen LogP contribution in [0.15, 0.2) is 0 Å². The Morgan fingerprint density at radius 2 is 1.39 bits per heavy atom. The predicted molar refractivity (Wildman–Crippen MR) is 79.8 cm³/mol. The summed E-state index contributed by atoms with van der Waals surface area (Å²) >= 11 is 0. The fraction of sp³-hybridized carbons (Fsp3) is 0.923. The van der Waals surface area contributed by atoms with Gasteiger partial charge in [0.25, 0.3) is 0 Å². The van der Waals surface area contributed by atoms with Gasteiger partial charge in [-0.2, -0.15) is 0 Å². The summed E-state index contributed by atoms with van der Waals surface area (Å²) in [5, 5.41) is 93.3. The average Bonchev–Trinajstić information content (AvgIpc) is 2.86. The van der Waals surface area contributed by atoms with E-state index in [0.717, 1.165) is 0 Å². The monoisotopic (exact) mass is 426 g/mol. The molecule has 160 valence electrons. The predicted octanol–water partition coefficient (Wildman–Crippen LogP) is -8.22. The zero-order valence-electron chi connectivity index (χ0n) is 14.5. The fourth-order valence-corrected chi connectivity index (χ4v) is 2.63. The maximum Gasteiger partial charge on any atom is 2.00 e. The molecule has 0 spiro atoms. The Kier molecular flexibility index (Phi) is 11.5. The van der Waals surface area contributed by atoms with Gasteiger partial charge >= 0.3 is 23.1 Å². The van der Waals surface area contributed by atoms with Crippen LogP contribution in [0.25, 0.3) is 0 Å². The van der Waals surface area contributed by atoms with E-state index in [1.54, 1.807) is 0 Å². The van der Waals surface area contributed by atoms with Crippen LogP contribution in [0.4, 0.5) is 4.79 Å². The Hall–Kier alpha value is -0.404. The molecular formula is C13H22MgO14. The van der Waals surface area contributed by atoms with Crippen LogP contribution < -0.4 is 10.2 Å². The van der Waals surface area contributed by atoms with Gasteiger partial charge in [0, 0.05) is 0 Å². The molecule has 0 amide bonds. The van der Waals surface area contributed by atoms with Crippen LogP contribution in [0.3, 0.4) is 0 Å². The van der Waals surface area contributed by atoms with Crippen molar-refractivity contribution in [3.05, 3.63) is 0 Å². The summed E-state index contributed by atoms with van der Waals surface area (Å²) in [6, 6.07) is 0. The van der Waals surface area contributed by atoms with E-state index in [2.05, 4.69) is 0 Å². The van der Waals surface area contributed by atoms with Crippen LogP contribution in [0.1, 0.15) is 0 Å². The van der Waals surface area contributed by atoms with Crippen LogP contribution in [0.5, 0.6) is 0 Å². The molecule has 0 aromatic carbocycles. The molecule has 14 nitrogen and oxygen atoms in total. The molecule has 0 aromatic rings. The summed E-state index contributed by atoms with van der Waals surface area (Å²) < 4.78 is 15.4. The molecule has 15 heteroatoms. The minimum Gasteiger partial charge on any atom is -0.652 e. The molecule has 0 aromatic heterocycles. The topological polar surface area (TPSA) is 253 Å². The van der Waals surface area contributed by atoms with Crippen molar-refractivity contribution in [1.29, 1.82) is 0 Å². The molecule has 0 radical (unpaired) electrons. The number of rotatable bonds is 5. The number of aliphatic hydroxyl groups excluding tert-OH is 8. The zero-order valence-corrected chi connectivity index (χ0v) is 15.9. The minimum atomic E-state index is -2.33. The van der Waals surface area contributed by atoms with Crippen molar-refractivity contribution in [2.45, 2.75) is 54.8 Å². The van der Waals surface area contributed by atoms with Gasteiger partial charge in [-0.25, -0.2) is 0 Å². The van der Waals surface area contributed by atoms with Gasteiger partial charge in [0.05, 0.1) is 13.2 Å². The number of ether oxygens (including phenoxy) is 3. The van der Waals surface area contributed by atoms with Gasteiger partial charge in [-0.1, -0.05) is 0 Å². The molecule has 2 aliphatic rings. The third-order valence-electron chi connectivity index (χ3n) is 4.07. The Bertz CT molecular complexity index is 476. The third kappa shape index (κ3) is 6.05. The van der Waals surface area contributed by atoms with Gasteiger partial charge in [0.2, 0.25) is 5.79 Å². The second-order valence-electron chi connectivity index (χ2n) is 5.81. The Balaban J connectivity index is 0.00000133. The van der Waals surface area contributed by atoms with E-state index >= 15 is 0 Å². The standard InChI is InChI=1S/C12H22O11.CH2O3.Mg/c13-1-4-6(16)8(18)9(19)11(21-4)23-12(3-15)10(20)7(17)5(2-14)22-12;2-1(3)4;/h4-11,13-20H,1-3H2;(H2,2,3,4);/q;;+2/p-2/t4-,5-,6-,7-,8+,9-,10+,11-,12+;;/m1../s1. The molecule has 0 bridgehead atoms. The number of aliphatic hydroxyl groups is 8. The maximum absolute atomic E-state index is 10.00. The third-order valence-corrected chi connectivity index (χ3v) is 4.07. The van der Waals surface area contributed by atoms with Crippen molar-refractivity contribution in [3.8, 4) is 0 Å². The molecule has 28 heavy (non-hydrogen) atoms. The molecule has 2 heterocycles. The average molecular weight is 427 g/mol. The van der Waals surface area contributed by atoms with E-state index in [4.69, 9.17) is 39.4 Å². The quantitative estimate of drug-likeness (QED) is 0.190. The molecule has 8 N–H and O–H groups in total. The second-order valence-corrected chi connectivity index (χ2v) is 5.81. The van der Waals surface area contributed by atoms with Crippen molar-refractivity contribution < 1.29 is 70.1 Å². The Morgan fingerprint density at radius 1 is 0.893 bits per heavy atom. The van der Waals surface area contributed by atoms with Crippen molar-refractivity contribution in [3.63, 3.8) is 0 Å². The summed E-state index contributed by atoms with van der Waals surface area (Å²) in [6.45, 7) is -2.32. The fourth-order valence-electron chi connectivity index (χ4n) is 2.63. The minimum absolute atomic E-state index is 0. The molecule has 2 fully saturated rings. The summed E-state index contributed by atoms with van der Waals surface area (Å²) in [6.07, 6.45) is -15.0. The molecule has 0 aliphatic carbocycles. The molecule has 0 unspecified atom stereocenters. The summed E-state index contributed by atoms with van der Waals surface area (Å²) in [7, 11) is 0. The number of hydrogen-bond acceptors (Lipinski definition) is 14. The first-order chi connectivity index (χ1) is 12.5. The second kappa shape index (κ2) is 11.7. The number of carbonyl (C=O) groups excluding carboxylic acids is 1. The van der Waals surface area contributed by atoms with Crippen molar-refractivity contribution in [2.75, 3.05) is 19.8 Å². The van der Waals surface area contributed by atoms with Crippen LogP contribution in [-0.4, -0.2) is 145 Å². The smallest absolute Gasteiger partial charge is 0.652 e. The Labute approximate surface area is 174 Å². The largest absolute Gasteiger partial charge is 2.00 e. The van der Waals surface area contributed by atoms with E-state index in [0.29, 0.717) is 0 Å².